The van der Waals surface area contributed by atoms with Crippen LogP contribution in [0.1, 0.15) is 16.9 Å². The summed E-state index contributed by atoms with van der Waals surface area (Å²) in [5.41, 5.74) is 3.81. The van der Waals surface area contributed by atoms with Crippen molar-refractivity contribution in [1.29, 1.82) is 0 Å². The molecule has 5 nitrogen and oxygen atoms in total. The van der Waals surface area contributed by atoms with Crippen LogP contribution in [0, 0.1) is 6.92 Å². The largest absolute Gasteiger partial charge is 0.469 e. The molecule has 0 amide bonds. The smallest absolute Gasteiger partial charge is 0.191 e. The summed E-state index contributed by atoms with van der Waals surface area (Å²) in [5, 5.41) is 7.95. The number of aromatic nitrogens is 1. The number of benzene rings is 1. The van der Waals surface area contributed by atoms with Crippen LogP contribution >= 0.6 is 24.0 Å². The third kappa shape index (κ3) is 5.89. The third-order valence-corrected chi connectivity index (χ3v) is 4.32. The van der Waals surface area contributed by atoms with Crippen LogP contribution in [-0.4, -0.2) is 30.6 Å². The lowest BCUT2D eigenvalue weighted by atomic mass is 10.1. The number of guanidine groups is 1. The Hall–Kier alpha value is -2.22. The number of rotatable bonds is 8. The molecule has 0 radical (unpaired) electrons. The number of hydrogen-bond donors (Lipinski definition) is 3. The molecule has 0 aliphatic carbocycles. The number of para-hydroxylation sites is 1. The van der Waals surface area contributed by atoms with Crippen LogP contribution in [0.15, 0.2) is 64.9 Å². The zero-order chi connectivity index (χ0) is 18.2. The Morgan fingerprint density at radius 1 is 1.22 bits per heavy atom. The zero-order valence-corrected chi connectivity index (χ0v) is 18.0. The van der Waals surface area contributed by atoms with E-state index in [1.54, 1.807) is 6.26 Å². The van der Waals surface area contributed by atoms with Gasteiger partial charge in [0.05, 0.1) is 6.26 Å². The summed E-state index contributed by atoms with van der Waals surface area (Å²) in [6, 6.07) is 10.3. The van der Waals surface area contributed by atoms with Gasteiger partial charge in [-0.25, -0.2) is 0 Å². The van der Waals surface area contributed by atoms with Crippen LogP contribution in [0.3, 0.4) is 0 Å². The topological polar surface area (TPSA) is 65.3 Å². The molecule has 0 saturated carbocycles. The second-order valence-corrected chi connectivity index (χ2v) is 6.22. The summed E-state index contributed by atoms with van der Waals surface area (Å²) in [5.74, 6) is 1.75. The van der Waals surface area contributed by atoms with E-state index in [0.717, 1.165) is 31.1 Å². The maximum absolute atomic E-state index is 5.35. The first-order chi connectivity index (χ1) is 12.8. The normalized spacial score (nSPS) is 11.2. The number of nitrogens with one attached hydrogen (secondary N) is 3. The summed E-state index contributed by atoms with van der Waals surface area (Å²) in [6.07, 6.45) is 7.33. The van der Waals surface area contributed by atoms with E-state index < -0.39 is 0 Å². The molecule has 0 fully saturated rings. The molecule has 144 valence electrons. The van der Waals surface area contributed by atoms with Gasteiger partial charge in [-0.05, 0) is 36.6 Å². The lowest BCUT2D eigenvalue weighted by Crippen LogP contribution is -2.38. The van der Waals surface area contributed by atoms with Crippen molar-refractivity contribution in [2.75, 3.05) is 19.6 Å². The predicted molar refractivity (Wildman–Crippen MR) is 123 cm³/mol. The van der Waals surface area contributed by atoms with Gasteiger partial charge in [0, 0.05) is 43.2 Å². The molecule has 3 aromatic rings. The van der Waals surface area contributed by atoms with Gasteiger partial charge in [-0.3, -0.25) is 4.99 Å². The molecule has 1 aromatic carbocycles. The number of aromatic amines is 1. The van der Waals surface area contributed by atoms with Crippen molar-refractivity contribution in [1.82, 2.24) is 15.6 Å². The number of halogens is 1. The fraction of sp³-hybridized carbons (Fsp3) is 0.286. The quantitative estimate of drug-likeness (QED) is 0.197. The van der Waals surface area contributed by atoms with Crippen molar-refractivity contribution in [2.24, 2.45) is 4.99 Å². The summed E-state index contributed by atoms with van der Waals surface area (Å²) in [4.78, 5) is 7.99. The van der Waals surface area contributed by atoms with Crippen molar-refractivity contribution in [3.63, 3.8) is 0 Å². The Balaban J connectivity index is 0.00000261. The molecule has 6 heteroatoms. The third-order valence-electron chi connectivity index (χ3n) is 4.32. The van der Waals surface area contributed by atoms with Crippen molar-refractivity contribution in [3.8, 4) is 0 Å². The molecule has 3 rings (SSSR count). The predicted octanol–water partition coefficient (Wildman–Crippen LogP) is 4.19. The zero-order valence-electron chi connectivity index (χ0n) is 15.6. The highest BCUT2D eigenvalue weighted by Gasteiger charge is 2.05. The molecule has 0 bridgehead atoms. The van der Waals surface area contributed by atoms with E-state index in [9.17, 15) is 0 Å². The first kappa shape index (κ1) is 21.1. The van der Waals surface area contributed by atoms with Gasteiger partial charge >= 0.3 is 0 Å². The van der Waals surface area contributed by atoms with Crippen LogP contribution in [-0.2, 0) is 12.8 Å². The van der Waals surface area contributed by atoms with E-state index >= 15 is 0 Å². The van der Waals surface area contributed by atoms with E-state index in [1.807, 2.05) is 18.2 Å². The van der Waals surface area contributed by atoms with Crippen LogP contribution in [0.25, 0.3) is 10.9 Å². The molecular formula is C21H27IN4O. The molecule has 0 saturated heterocycles. The Bertz CT molecular complexity index is 868. The highest BCUT2D eigenvalue weighted by atomic mass is 127. The molecule has 2 heterocycles. The van der Waals surface area contributed by atoms with Crippen molar-refractivity contribution in [3.05, 3.63) is 72.3 Å². The van der Waals surface area contributed by atoms with E-state index in [0.29, 0.717) is 13.1 Å². The molecule has 0 aliphatic rings. The lowest BCUT2D eigenvalue weighted by Gasteiger charge is -2.11. The first-order valence-electron chi connectivity index (χ1n) is 8.99. The van der Waals surface area contributed by atoms with Gasteiger partial charge in [0.25, 0.3) is 0 Å². The Morgan fingerprint density at radius 2 is 2.11 bits per heavy atom. The number of furan rings is 1. The first-order valence-corrected chi connectivity index (χ1v) is 8.99. The van der Waals surface area contributed by atoms with Gasteiger partial charge in [0.15, 0.2) is 5.96 Å². The van der Waals surface area contributed by atoms with Crippen LogP contribution < -0.4 is 10.6 Å². The molecular weight excluding hydrogens is 451 g/mol. The van der Waals surface area contributed by atoms with Gasteiger partial charge in [-0.15, -0.1) is 30.6 Å². The van der Waals surface area contributed by atoms with Gasteiger partial charge in [-0.2, -0.15) is 0 Å². The minimum atomic E-state index is 0. The SMILES string of the molecule is C=CCNC(=NCCc1ccco1)NCCc1c[nH]c2c(C)cccc12.I. The van der Waals surface area contributed by atoms with Crippen LogP contribution in [0.4, 0.5) is 0 Å². The maximum atomic E-state index is 5.35. The Labute approximate surface area is 177 Å². The van der Waals surface area contributed by atoms with Gasteiger partial charge in [0.1, 0.15) is 5.76 Å². The summed E-state index contributed by atoms with van der Waals surface area (Å²) < 4.78 is 5.35. The summed E-state index contributed by atoms with van der Waals surface area (Å²) >= 11 is 0. The molecule has 27 heavy (non-hydrogen) atoms. The van der Waals surface area contributed by atoms with E-state index in [4.69, 9.17) is 4.42 Å². The van der Waals surface area contributed by atoms with Gasteiger partial charge < -0.3 is 20.0 Å². The van der Waals surface area contributed by atoms with E-state index in [2.05, 4.69) is 58.5 Å². The van der Waals surface area contributed by atoms with E-state index in [1.165, 1.54) is 22.0 Å². The number of H-pyrrole nitrogens is 1. The highest BCUT2D eigenvalue weighted by molar-refractivity contribution is 14.0. The number of fused-ring (bicyclic) bond motifs is 1. The Kier molecular flexibility index (Phi) is 8.44. The van der Waals surface area contributed by atoms with Gasteiger partial charge in [0.2, 0.25) is 0 Å². The van der Waals surface area contributed by atoms with E-state index in [-0.39, 0.29) is 24.0 Å². The number of aliphatic imine (C=N–C) groups is 1. The number of hydrogen-bond acceptors (Lipinski definition) is 2. The monoisotopic (exact) mass is 478 g/mol. The average Bonchev–Trinajstić information content (AvgIpc) is 3.30. The summed E-state index contributed by atoms with van der Waals surface area (Å²) in [7, 11) is 0. The fourth-order valence-corrected chi connectivity index (χ4v) is 2.96. The van der Waals surface area contributed by atoms with Crippen molar-refractivity contribution in [2.45, 2.75) is 19.8 Å². The fourth-order valence-electron chi connectivity index (χ4n) is 2.96. The average molecular weight is 478 g/mol. The minimum absolute atomic E-state index is 0. The molecule has 2 aromatic heterocycles. The minimum Gasteiger partial charge on any atom is -0.469 e. The number of nitrogens with zero attached hydrogens (tertiary/aromatic N) is 1. The standard InChI is InChI=1S/C21H26N4O.HI/c1-3-11-22-21(24-13-10-18-7-5-14-26-18)23-12-9-17-15-25-20-16(2)6-4-8-19(17)20;/h3-8,14-15,25H,1,9-13H2,2H3,(H2,22,23,24);1H. The highest BCUT2D eigenvalue weighted by Crippen LogP contribution is 2.21. The molecule has 0 unspecified atom stereocenters. The number of aryl methyl sites for hydroxylation is 1. The molecule has 3 N–H and O–H groups in total. The lowest BCUT2D eigenvalue weighted by molar-refractivity contribution is 0.510. The Morgan fingerprint density at radius 3 is 2.89 bits per heavy atom. The maximum Gasteiger partial charge on any atom is 0.191 e. The van der Waals surface area contributed by atoms with Crippen LogP contribution in [0.2, 0.25) is 0 Å². The second-order valence-electron chi connectivity index (χ2n) is 6.22. The molecule has 0 atom stereocenters. The summed E-state index contributed by atoms with van der Waals surface area (Å²) in [6.45, 7) is 8.04. The van der Waals surface area contributed by atoms with Gasteiger partial charge in [-0.1, -0.05) is 24.3 Å². The molecule has 0 spiro atoms. The second kappa shape index (κ2) is 10.8. The van der Waals surface area contributed by atoms with Crippen LogP contribution in [0.5, 0.6) is 0 Å². The van der Waals surface area contributed by atoms with Crippen molar-refractivity contribution >= 4 is 40.8 Å². The van der Waals surface area contributed by atoms with Crippen molar-refractivity contribution < 1.29 is 4.42 Å². The molecule has 0 aliphatic heterocycles.